The van der Waals surface area contributed by atoms with Crippen LogP contribution in [0.15, 0.2) is 36.7 Å². The highest BCUT2D eigenvalue weighted by Crippen LogP contribution is 2.36. The molecule has 3 nitrogen and oxygen atoms in total. The van der Waals surface area contributed by atoms with E-state index in [-0.39, 0.29) is 0 Å². The number of carbonyl (C=O) groups is 1. The van der Waals surface area contributed by atoms with Crippen LogP contribution in [-0.2, 0) is 6.61 Å². The van der Waals surface area contributed by atoms with E-state index in [0.29, 0.717) is 12.2 Å². The Balaban J connectivity index is 2.22. The molecule has 0 aliphatic carbocycles. The lowest BCUT2D eigenvalue weighted by atomic mass is 9.96. The van der Waals surface area contributed by atoms with E-state index < -0.39 is 0 Å². The zero-order valence-electron chi connectivity index (χ0n) is 8.51. The maximum atomic E-state index is 10.7. The van der Waals surface area contributed by atoms with Gasteiger partial charge in [0.25, 0.3) is 0 Å². The molecule has 0 unspecified atom stereocenters. The zero-order valence-corrected chi connectivity index (χ0v) is 8.51. The first kappa shape index (κ1) is 9.09. The second kappa shape index (κ2) is 3.45. The Morgan fingerprint density at radius 1 is 1.25 bits per heavy atom. The number of nitrogens with zero attached hydrogens (tertiary/aromatic N) is 1. The van der Waals surface area contributed by atoms with Crippen LogP contribution in [0.3, 0.4) is 0 Å². The standard InChI is InChI=1S/C13H9NO2/c15-7-9-1-2-11-10(5-9)8-16-13-6-14-4-3-12(11)13/h1-7H,8H2. The highest BCUT2D eigenvalue weighted by atomic mass is 16.5. The van der Waals surface area contributed by atoms with E-state index in [1.165, 1.54) is 0 Å². The number of hydrogen-bond donors (Lipinski definition) is 0. The van der Waals surface area contributed by atoms with Gasteiger partial charge in [0.2, 0.25) is 0 Å². The second-order valence-electron chi connectivity index (χ2n) is 3.69. The summed E-state index contributed by atoms with van der Waals surface area (Å²) in [5.41, 5.74) is 3.88. The highest BCUT2D eigenvalue weighted by molar-refractivity contribution is 5.80. The molecule has 0 atom stereocenters. The van der Waals surface area contributed by atoms with Crippen LogP contribution in [0.1, 0.15) is 15.9 Å². The van der Waals surface area contributed by atoms with Crippen LogP contribution in [0.2, 0.25) is 0 Å². The van der Waals surface area contributed by atoms with Gasteiger partial charge in [0.05, 0.1) is 6.20 Å². The summed E-state index contributed by atoms with van der Waals surface area (Å²) < 4.78 is 5.57. The first-order valence-electron chi connectivity index (χ1n) is 5.04. The third kappa shape index (κ3) is 1.29. The molecule has 1 aliphatic heterocycles. The molecule has 1 aliphatic rings. The number of carbonyl (C=O) groups excluding carboxylic acids is 1. The van der Waals surface area contributed by atoms with Crippen LogP contribution in [0.25, 0.3) is 11.1 Å². The average Bonchev–Trinajstić information content (AvgIpc) is 2.38. The molecule has 3 rings (SSSR count). The van der Waals surface area contributed by atoms with Gasteiger partial charge in [0.15, 0.2) is 0 Å². The monoisotopic (exact) mass is 211 g/mol. The van der Waals surface area contributed by atoms with Crippen LogP contribution in [0, 0.1) is 0 Å². The quantitative estimate of drug-likeness (QED) is 0.680. The van der Waals surface area contributed by atoms with Crippen molar-refractivity contribution in [3.8, 4) is 16.9 Å². The number of aromatic nitrogens is 1. The molecule has 0 N–H and O–H groups in total. The number of pyridine rings is 1. The molecule has 3 heteroatoms. The van der Waals surface area contributed by atoms with Gasteiger partial charge in [-0.25, -0.2) is 0 Å². The summed E-state index contributed by atoms with van der Waals surface area (Å²) in [7, 11) is 0. The minimum absolute atomic E-state index is 0.496. The van der Waals surface area contributed by atoms with Gasteiger partial charge in [-0.1, -0.05) is 12.1 Å². The largest absolute Gasteiger partial charge is 0.487 e. The first-order valence-corrected chi connectivity index (χ1v) is 5.04. The van der Waals surface area contributed by atoms with Crippen LogP contribution in [0.4, 0.5) is 0 Å². The lowest BCUT2D eigenvalue weighted by Crippen LogP contribution is -2.06. The minimum atomic E-state index is 0.496. The van der Waals surface area contributed by atoms with Crippen molar-refractivity contribution in [2.45, 2.75) is 6.61 Å². The smallest absolute Gasteiger partial charge is 0.150 e. The van der Waals surface area contributed by atoms with Crippen LogP contribution in [-0.4, -0.2) is 11.3 Å². The van der Waals surface area contributed by atoms with E-state index in [0.717, 1.165) is 28.7 Å². The third-order valence-electron chi connectivity index (χ3n) is 2.72. The number of fused-ring (bicyclic) bond motifs is 3. The summed E-state index contributed by atoms with van der Waals surface area (Å²) in [5, 5.41) is 0. The van der Waals surface area contributed by atoms with Gasteiger partial charge in [0.1, 0.15) is 18.6 Å². The normalized spacial score (nSPS) is 12.2. The molecule has 2 aromatic rings. The molecule has 78 valence electrons. The Morgan fingerprint density at radius 2 is 2.19 bits per heavy atom. The van der Waals surface area contributed by atoms with E-state index in [1.807, 2.05) is 24.3 Å². The maximum absolute atomic E-state index is 10.7. The predicted octanol–water partition coefficient (Wildman–Crippen LogP) is 2.45. The third-order valence-corrected chi connectivity index (χ3v) is 2.72. The summed E-state index contributed by atoms with van der Waals surface area (Å²) in [6.07, 6.45) is 4.30. The maximum Gasteiger partial charge on any atom is 0.150 e. The van der Waals surface area contributed by atoms with Crippen molar-refractivity contribution < 1.29 is 9.53 Å². The molecule has 2 heterocycles. The van der Waals surface area contributed by atoms with E-state index in [1.54, 1.807) is 12.4 Å². The van der Waals surface area contributed by atoms with Crippen molar-refractivity contribution in [1.82, 2.24) is 4.98 Å². The fourth-order valence-corrected chi connectivity index (χ4v) is 1.94. The molecular weight excluding hydrogens is 202 g/mol. The van der Waals surface area contributed by atoms with Gasteiger partial charge in [-0.3, -0.25) is 9.78 Å². The molecule has 0 amide bonds. The topological polar surface area (TPSA) is 39.2 Å². The summed E-state index contributed by atoms with van der Waals surface area (Å²) >= 11 is 0. The van der Waals surface area contributed by atoms with Crippen molar-refractivity contribution in [3.05, 3.63) is 47.8 Å². The molecule has 0 saturated heterocycles. The summed E-state index contributed by atoms with van der Waals surface area (Å²) in [4.78, 5) is 14.7. The fraction of sp³-hybridized carbons (Fsp3) is 0.0769. The van der Waals surface area contributed by atoms with Crippen LogP contribution >= 0.6 is 0 Å². The van der Waals surface area contributed by atoms with Gasteiger partial charge in [-0.2, -0.15) is 0 Å². The van der Waals surface area contributed by atoms with E-state index >= 15 is 0 Å². The van der Waals surface area contributed by atoms with Gasteiger partial charge in [-0.05, 0) is 23.3 Å². The average molecular weight is 211 g/mol. The minimum Gasteiger partial charge on any atom is -0.487 e. The number of hydrogen-bond acceptors (Lipinski definition) is 3. The van der Waals surface area contributed by atoms with Crippen molar-refractivity contribution in [2.24, 2.45) is 0 Å². The Kier molecular flexibility index (Phi) is 1.96. The Bertz CT molecular complexity index is 564. The molecule has 0 radical (unpaired) electrons. The van der Waals surface area contributed by atoms with Crippen molar-refractivity contribution in [1.29, 1.82) is 0 Å². The lowest BCUT2D eigenvalue weighted by molar-refractivity contribution is 0.112. The lowest BCUT2D eigenvalue weighted by Gasteiger charge is -2.20. The molecular formula is C13H9NO2. The molecule has 1 aromatic carbocycles. The molecule has 0 spiro atoms. The fourth-order valence-electron chi connectivity index (χ4n) is 1.94. The predicted molar refractivity (Wildman–Crippen MR) is 59.4 cm³/mol. The van der Waals surface area contributed by atoms with Gasteiger partial charge < -0.3 is 4.74 Å². The first-order chi connectivity index (χ1) is 7.88. The van der Waals surface area contributed by atoms with Crippen molar-refractivity contribution >= 4 is 6.29 Å². The Hall–Kier alpha value is -2.16. The SMILES string of the molecule is O=Cc1ccc2c(c1)COc1cnccc1-2. The summed E-state index contributed by atoms with van der Waals surface area (Å²) in [6, 6.07) is 7.57. The van der Waals surface area contributed by atoms with Gasteiger partial charge in [-0.15, -0.1) is 0 Å². The van der Waals surface area contributed by atoms with Crippen molar-refractivity contribution in [3.63, 3.8) is 0 Å². The number of ether oxygens (including phenoxy) is 1. The van der Waals surface area contributed by atoms with E-state index in [2.05, 4.69) is 4.98 Å². The Morgan fingerprint density at radius 3 is 3.06 bits per heavy atom. The summed E-state index contributed by atoms with van der Waals surface area (Å²) in [5.74, 6) is 0.800. The molecule has 1 aromatic heterocycles. The molecule has 0 bridgehead atoms. The van der Waals surface area contributed by atoms with Crippen LogP contribution in [0.5, 0.6) is 5.75 Å². The number of benzene rings is 1. The molecule has 0 fully saturated rings. The summed E-state index contributed by atoms with van der Waals surface area (Å²) in [6.45, 7) is 0.496. The van der Waals surface area contributed by atoms with E-state index in [9.17, 15) is 4.79 Å². The van der Waals surface area contributed by atoms with Gasteiger partial charge >= 0.3 is 0 Å². The number of rotatable bonds is 1. The van der Waals surface area contributed by atoms with E-state index in [4.69, 9.17) is 4.74 Å². The molecule has 0 saturated carbocycles. The van der Waals surface area contributed by atoms with Crippen molar-refractivity contribution in [2.75, 3.05) is 0 Å². The van der Waals surface area contributed by atoms with Gasteiger partial charge in [0, 0.05) is 17.3 Å². The second-order valence-corrected chi connectivity index (χ2v) is 3.69. The zero-order chi connectivity index (χ0) is 11.0. The Labute approximate surface area is 92.7 Å². The molecule has 16 heavy (non-hydrogen) atoms. The van der Waals surface area contributed by atoms with Crippen LogP contribution < -0.4 is 4.74 Å². The number of aldehydes is 1. The highest BCUT2D eigenvalue weighted by Gasteiger charge is 2.16.